The molecule has 4 N–H and O–H groups in total. The van der Waals surface area contributed by atoms with Crippen molar-refractivity contribution in [1.29, 1.82) is 0 Å². The van der Waals surface area contributed by atoms with Gasteiger partial charge in [0.05, 0.1) is 12.1 Å². The summed E-state index contributed by atoms with van der Waals surface area (Å²) in [6.07, 6.45) is 3.46. The second-order valence-corrected chi connectivity index (χ2v) is 4.98. The summed E-state index contributed by atoms with van der Waals surface area (Å²) in [7, 11) is 0. The third kappa shape index (κ3) is 4.04. The fourth-order valence-corrected chi connectivity index (χ4v) is 2.58. The molecular weight excluding hydrogens is 248 g/mol. The maximum atomic E-state index is 11.2. The van der Waals surface area contributed by atoms with Crippen LogP contribution in [0.15, 0.2) is 12.2 Å². The van der Waals surface area contributed by atoms with Gasteiger partial charge in [0.25, 0.3) is 0 Å². The minimum Gasteiger partial charge on any atom is -0.480 e. The average molecular weight is 270 g/mol. The molecule has 0 aromatic rings. The largest absolute Gasteiger partial charge is 0.480 e. The van der Waals surface area contributed by atoms with Crippen LogP contribution < -0.4 is 10.6 Å². The number of aliphatic hydroxyl groups excluding tert-OH is 1. The number of carbonyl (C=O) groups is 2. The highest BCUT2D eigenvalue weighted by Crippen LogP contribution is 2.26. The van der Waals surface area contributed by atoms with E-state index in [0.29, 0.717) is 6.42 Å². The van der Waals surface area contributed by atoms with Crippen molar-refractivity contribution < 1.29 is 19.8 Å². The van der Waals surface area contributed by atoms with Crippen molar-refractivity contribution in [2.45, 2.75) is 51.4 Å². The number of carbonyl (C=O) groups excluding carboxylic acids is 1. The lowest BCUT2D eigenvalue weighted by Gasteiger charge is -2.30. The van der Waals surface area contributed by atoms with E-state index in [1.165, 1.54) is 6.92 Å². The zero-order valence-corrected chi connectivity index (χ0v) is 11.5. The molecule has 5 atom stereocenters. The summed E-state index contributed by atoms with van der Waals surface area (Å²) in [6, 6.07) is -1.45. The minimum atomic E-state index is -0.913. The Morgan fingerprint density at radius 3 is 2.53 bits per heavy atom. The first-order valence-corrected chi connectivity index (χ1v) is 6.43. The number of hydrogen-bond donors (Lipinski definition) is 4. The van der Waals surface area contributed by atoms with E-state index >= 15 is 0 Å². The zero-order valence-electron chi connectivity index (χ0n) is 11.5. The van der Waals surface area contributed by atoms with Gasteiger partial charge in [-0.25, -0.2) is 0 Å². The first-order valence-electron chi connectivity index (χ1n) is 6.43. The van der Waals surface area contributed by atoms with E-state index in [9.17, 15) is 14.7 Å². The molecule has 1 heterocycles. The van der Waals surface area contributed by atoms with Crippen molar-refractivity contribution in [2.24, 2.45) is 5.92 Å². The van der Waals surface area contributed by atoms with Crippen molar-refractivity contribution >= 4 is 11.9 Å². The molecule has 0 aliphatic carbocycles. The number of amides is 1. The van der Waals surface area contributed by atoms with Gasteiger partial charge in [-0.3, -0.25) is 14.9 Å². The van der Waals surface area contributed by atoms with Gasteiger partial charge in [-0.2, -0.15) is 0 Å². The van der Waals surface area contributed by atoms with Gasteiger partial charge in [-0.05, 0) is 26.2 Å². The number of allylic oxidation sites excluding steroid dienone is 1. The zero-order chi connectivity index (χ0) is 14.6. The molecule has 1 aliphatic heterocycles. The van der Waals surface area contributed by atoms with E-state index in [1.54, 1.807) is 6.92 Å². The molecule has 1 aliphatic rings. The maximum Gasteiger partial charge on any atom is 0.320 e. The standard InChI is InChI=1S/C13H22N2O4/c1-4-5-9-6-10(13(18)19)15-12(9)11(7(2)16)14-8(3)17/h4-5,7,9-12,15-16H,6H2,1-3H3,(H,14,17)(H,18,19)/b5-4-/t7-,9+,10+,11-,12+/m0/s1. The lowest BCUT2D eigenvalue weighted by atomic mass is 9.90. The highest BCUT2D eigenvalue weighted by atomic mass is 16.4. The third-order valence-corrected chi connectivity index (χ3v) is 3.38. The van der Waals surface area contributed by atoms with E-state index in [4.69, 9.17) is 5.11 Å². The number of aliphatic carboxylic acids is 1. The molecule has 108 valence electrons. The normalized spacial score (nSPS) is 30.2. The van der Waals surface area contributed by atoms with Crippen molar-refractivity contribution in [1.82, 2.24) is 10.6 Å². The Bertz CT molecular complexity index is 368. The van der Waals surface area contributed by atoms with Gasteiger partial charge in [0, 0.05) is 13.0 Å². The smallest absolute Gasteiger partial charge is 0.320 e. The Kier molecular flexibility index (Phi) is 5.50. The second-order valence-electron chi connectivity index (χ2n) is 4.98. The summed E-state index contributed by atoms with van der Waals surface area (Å²) < 4.78 is 0. The summed E-state index contributed by atoms with van der Waals surface area (Å²) in [6.45, 7) is 4.83. The topological polar surface area (TPSA) is 98.7 Å². The van der Waals surface area contributed by atoms with Gasteiger partial charge in [0.2, 0.25) is 5.91 Å². The van der Waals surface area contributed by atoms with Crippen LogP contribution in [-0.4, -0.2) is 46.3 Å². The molecule has 0 saturated carbocycles. The van der Waals surface area contributed by atoms with E-state index in [1.807, 2.05) is 19.1 Å². The average Bonchev–Trinajstić information content (AvgIpc) is 2.70. The third-order valence-electron chi connectivity index (χ3n) is 3.38. The Morgan fingerprint density at radius 1 is 1.47 bits per heavy atom. The molecule has 0 bridgehead atoms. The minimum absolute atomic E-state index is 0.0300. The van der Waals surface area contributed by atoms with Crippen LogP contribution in [0.2, 0.25) is 0 Å². The molecule has 0 radical (unpaired) electrons. The highest BCUT2D eigenvalue weighted by molar-refractivity contribution is 5.75. The van der Waals surface area contributed by atoms with Crippen LogP contribution in [0.5, 0.6) is 0 Å². The summed E-state index contributed by atoms with van der Waals surface area (Å²) in [5.74, 6) is -1.19. The highest BCUT2D eigenvalue weighted by Gasteiger charge is 2.41. The van der Waals surface area contributed by atoms with Gasteiger partial charge in [-0.1, -0.05) is 12.2 Å². The van der Waals surface area contributed by atoms with Crippen molar-refractivity contribution in [2.75, 3.05) is 0 Å². The van der Waals surface area contributed by atoms with E-state index in [0.717, 1.165) is 0 Å². The molecule has 0 aromatic heterocycles. The molecule has 1 amide bonds. The van der Waals surface area contributed by atoms with E-state index < -0.39 is 24.2 Å². The first kappa shape index (κ1) is 15.7. The van der Waals surface area contributed by atoms with Gasteiger partial charge in [0.1, 0.15) is 6.04 Å². The van der Waals surface area contributed by atoms with Gasteiger partial charge >= 0.3 is 5.97 Å². The molecule has 19 heavy (non-hydrogen) atoms. The number of aliphatic hydroxyl groups is 1. The van der Waals surface area contributed by atoms with Crippen LogP contribution >= 0.6 is 0 Å². The number of carboxylic acids is 1. The van der Waals surface area contributed by atoms with E-state index in [-0.39, 0.29) is 17.9 Å². The Hall–Kier alpha value is -1.40. The quantitative estimate of drug-likeness (QED) is 0.522. The number of rotatable bonds is 5. The summed E-state index contributed by atoms with van der Waals surface area (Å²) in [5.41, 5.74) is 0. The molecule has 1 saturated heterocycles. The van der Waals surface area contributed by atoms with E-state index in [2.05, 4.69) is 10.6 Å². The number of carboxylic acid groups (broad SMARTS) is 1. The Balaban J connectivity index is 2.91. The summed E-state index contributed by atoms with van der Waals surface area (Å²) in [5, 5.41) is 24.6. The predicted octanol–water partition coefficient (Wildman–Crippen LogP) is -0.121. The first-order chi connectivity index (χ1) is 8.86. The Morgan fingerprint density at radius 2 is 2.11 bits per heavy atom. The molecule has 1 fully saturated rings. The van der Waals surface area contributed by atoms with Crippen LogP contribution in [-0.2, 0) is 9.59 Å². The number of nitrogens with one attached hydrogen (secondary N) is 2. The molecule has 0 unspecified atom stereocenters. The maximum absolute atomic E-state index is 11.2. The fraction of sp³-hybridized carbons (Fsp3) is 0.692. The molecular formula is C13H22N2O4. The second kappa shape index (κ2) is 6.68. The summed E-state index contributed by atoms with van der Waals surface area (Å²) in [4.78, 5) is 22.3. The SMILES string of the molecule is C/C=C\[C@@H]1C[C@H](C(=O)O)N[C@H]1[C@@H](NC(C)=O)[C@H](C)O. The lowest BCUT2D eigenvalue weighted by molar-refractivity contribution is -0.139. The van der Waals surface area contributed by atoms with Crippen LogP contribution in [0.1, 0.15) is 27.2 Å². The lowest BCUT2D eigenvalue weighted by Crippen LogP contribution is -2.56. The van der Waals surface area contributed by atoms with Crippen molar-refractivity contribution in [3.8, 4) is 0 Å². The molecule has 0 spiro atoms. The summed E-state index contributed by atoms with van der Waals surface area (Å²) >= 11 is 0. The van der Waals surface area contributed by atoms with Crippen LogP contribution in [0.25, 0.3) is 0 Å². The monoisotopic (exact) mass is 270 g/mol. The van der Waals surface area contributed by atoms with Crippen LogP contribution in [0, 0.1) is 5.92 Å². The van der Waals surface area contributed by atoms with Gasteiger partial charge < -0.3 is 15.5 Å². The molecule has 6 nitrogen and oxygen atoms in total. The van der Waals surface area contributed by atoms with Crippen molar-refractivity contribution in [3.05, 3.63) is 12.2 Å². The van der Waals surface area contributed by atoms with Gasteiger partial charge in [0.15, 0.2) is 0 Å². The Labute approximate surface area is 112 Å². The molecule has 6 heteroatoms. The van der Waals surface area contributed by atoms with Crippen molar-refractivity contribution in [3.63, 3.8) is 0 Å². The number of hydrogen-bond acceptors (Lipinski definition) is 4. The van der Waals surface area contributed by atoms with Crippen LogP contribution in [0.4, 0.5) is 0 Å². The molecule has 1 rings (SSSR count). The van der Waals surface area contributed by atoms with Crippen LogP contribution in [0.3, 0.4) is 0 Å². The predicted molar refractivity (Wildman–Crippen MR) is 70.6 cm³/mol. The molecule has 0 aromatic carbocycles. The fourth-order valence-electron chi connectivity index (χ4n) is 2.58. The van der Waals surface area contributed by atoms with Gasteiger partial charge in [-0.15, -0.1) is 0 Å².